The molecule has 3 aliphatic rings. The number of allylic oxidation sites excluding steroid dienone is 2. The number of phenols is 2. The van der Waals surface area contributed by atoms with Crippen LogP contribution < -0.4 is 31.5 Å². The number of rotatable bonds is 8. The Bertz CT molecular complexity index is 3890. The van der Waals surface area contributed by atoms with Crippen molar-refractivity contribution in [1.82, 2.24) is 10.6 Å². The van der Waals surface area contributed by atoms with E-state index in [2.05, 4.69) is 120 Å². The predicted octanol–water partition coefficient (Wildman–Crippen LogP) is 11.3. The van der Waals surface area contributed by atoms with Crippen molar-refractivity contribution in [2.24, 2.45) is 0 Å². The Balaban J connectivity index is 0.000000424. The van der Waals surface area contributed by atoms with Crippen molar-refractivity contribution in [2.45, 2.75) is 37.8 Å². The molecule has 2 atom stereocenters. The summed E-state index contributed by atoms with van der Waals surface area (Å²) in [4.78, 5) is 30.1. The number of fused-ring (bicyclic) bond motifs is 4. The van der Waals surface area contributed by atoms with Gasteiger partial charge in [-0.15, -0.1) is 0 Å². The summed E-state index contributed by atoms with van der Waals surface area (Å²) in [5, 5.41) is 32.9. The first-order valence-corrected chi connectivity index (χ1v) is 26.7. The van der Waals surface area contributed by atoms with Gasteiger partial charge in [0, 0.05) is 83.7 Å². The van der Waals surface area contributed by atoms with Gasteiger partial charge in [-0.3, -0.25) is 9.59 Å². The molecule has 7 N–H and O–H groups in total. The first kappa shape index (κ1) is 55.8. The van der Waals surface area contributed by atoms with Gasteiger partial charge < -0.3 is 26.3 Å². The van der Waals surface area contributed by atoms with Gasteiger partial charge in [0.2, 0.25) is 0 Å². The van der Waals surface area contributed by atoms with E-state index in [9.17, 15) is 0 Å². The van der Waals surface area contributed by atoms with Crippen LogP contribution in [0.4, 0.5) is 0 Å². The summed E-state index contributed by atoms with van der Waals surface area (Å²) in [7, 11) is 0. The number of para-hydroxylation sites is 2. The first-order valence-electron chi connectivity index (χ1n) is 26.7. The maximum Gasteiger partial charge on any atom is 0.195 e. The number of nitrogens with one attached hydrogen (secondary N) is 2. The second-order valence-electron chi connectivity index (χ2n) is 19.7. The Morgan fingerprint density at radius 2 is 0.725 bits per heavy atom. The molecule has 2 unspecified atom stereocenters. The van der Waals surface area contributed by atoms with E-state index < -0.39 is 0 Å². The van der Waals surface area contributed by atoms with E-state index in [1.807, 2.05) is 109 Å². The molecule has 0 aromatic heterocycles. The van der Waals surface area contributed by atoms with Crippen LogP contribution in [-0.2, 0) is 40.9 Å². The molecule has 0 aliphatic heterocycles. The summed E-state index contributed by atoms with van der Waals surface area (Å²) >= 11 is 0. The maximum atomic E-state index is 15.0. The van der Waals surface area contributed by atoms with Gasteiger partial charge in [0.05, 0.1) is 0 Å². The number of hydrogen-bond acceptors (Lipinski definition) is 6. The van der Waals surface area contributed by atoms with Gasteiger partial charge in [-0.25, -0.2) is 0 Å². The summed E-state index contributed by atoms with van der Waals surface area (Å²) in [6.07, 6.45) is 11.9. The van der Waals surface area contributed by atoms with Crippen LogP contribution in [0.15, 0.2) is 266 Å². The smallest absolute Gasteiger partial charge is 0.195 e. The van der Waals surface area contributed by atoms with Crippen molar-refractivity contribution in [3.63, 3.8) is 0 Å². The molecule has 7 nitrogen and oxygen atoms in total. The molecule has 0 bridgehead atoms. The second-order valence-corrected chi connectivity index (χ2v) is 19.7. The molecule has 0 amide bonds. The molecule has 3 aliphatic carbocycles. The van der Waals surface area contributed by atoms with Crippen molar-refractivity contribution in [2.75, 3.05) is 0 Å². The molecule has 13 rings (SSSR count). The van der Waals surface area contributed by atoms with Gasteiger partial charge in [-0.05, 0) is 114 Å². The molecule has 1 fully saturated rings. The summed E-state index contributed by atoms with van der Waals surface area (Å²) in [6.45, 7) is 0. The van der Waals surface area contributed by atoms with Crippen LogP contribution >= 0.6 is 0 Å². The molecule has 0 spiro atoms. The molecule has 0 heterocycles. The number of carbonyl (C=O) groups excluding carboxylic acids is 2. The van der Waals surface area contributed by atoms with Gasteiger partial charge in [-0.1, -0.05) is 231 Å². The largest absolute Gasteiger partial charge is 0.508 e. The van der Waals surface area contributed by atoms with E-state index in [1.165, 1.54) is 0 Å². The average Bonchev–Trinajstić information content (AvgIpc) is 3.61. The molecule has 10 aromatic carbocycles. The van der Waals surface area contributed by atoms with Crippen molar-refractivity contribution >= 4 is 56.4 Å². The van der Waals surface area contributed by atoms with Gasteiger partial charge in [0.1, 0.15) is 11.5 Å². The maximum absolute atomic E-state index is 15.0. The minimum atomic E-state index is -0.00499. The second kappa shape index (κ2) is 26.1. The molecule has 1 saturated carbocycles. The van der Waals surface area contributed by atoms with Crippen LogP contribution in [0.2, 0.25) is 0 Å². The number of ketones is 2. The zero-order valence-corrected chi connectivity index (χ0v) is 47.8. The number of benzene rings is 10. The molecular formula is C72H61HfN2O5+. The third-order valence-corrected chi connectivity index (χ3v) is 14.8. The molecule has 10 aromatic rings. The average molecular weight is 1210 g/mol. The van der Waals surface area contributed by atoms with Crippen LogP contribution in [0.1, 0.15) is 36.8 Å². The Kier molecular flexibility index (Phi) is 18.2. The van der Waals surface area contributed by atoms with Crippen molar-refractivity contribution in [3.05, 3.63) is 298 Å². The van der Waals surface area contributed by atoms with E-state index in [0.717, 1.165) is 101 Å². The number of aromatic hydroxyl groups is 2. The van der Waals surface area contributed by atoms with E-state index in [1.54, 1.807) is 48.5 Å². The van der Waals surface area contributed by atoms with Crippen molar-refractivity contribution in [1.29, 1.82) is 0 Å². The summed E-state index contributed by atoms with van der Waals surface area (Å²) in [5.41, 5.74) is 8.79. The fourth-order valence-electron chi connectivity index (χ4n) is 11.0. The van der Waals surface area contributed by atoms with Crippen molar-refractivity contribution in [3.8, 4) is 33.8 Å². The Morgan fingerprint density at radius 3 is 1.10 bits per heavy atom. The number of hydrogen-bond donors (Lipinski definition) is 4. The Hall–Kier alpha value is -8.95. The topological polar surface area (TPSA) is 132 Å². The molecule has 0 radical (unpaired) electrons. The zero-order chi connectivity index (χ0) is 53.2. The summed E-state index contributed by atoms with van der Waals surface area (Å²) in [6, 6.07) is 80.0. The SMILES string of the molecule is O=C1C(=CNC2CCCCC2NC=C2C=c3ccccc3=C(c3c(-c4ccccc4)ccc4ccccc34)C2=O)C=c2ccccc2=C1c1c(-c2ccccc2)ccc2ccccc12.Oc1ccccc1.Oc1ccccc1.[Hf].[OH3+]. The molecule has 8 heteroatoms. The molecule has 392 valence electrons. The standard InChI is InChI=1S/C60H46N2O2.2C6H6O.Hf.H2O/c63-59-45(35-43-23-9-13-27-49(43)57(59)55-47-25-11-7-21-41(47)31-33-51(55)39-17-3-1-4-18-39)37-61-53-29-15-16-30-54(53)62-38-46-36-44-24-10-14-28-50(44)58(60(46)64)56-48-26-12-8-22-42(48)32-34-52(56)40-19-5-2-6-20-40;2*7-6-4-2-1-3-5-6;;/h1-14,17-28,31-38,53-54,61-62H,15-16,29-30H2;2*1-5,7H;;1H2/p+1. The first-order chi connectivity index (χ1) is 38.4. The van der Waals surface area contributed by atoms with E-state index in [-0.39, 0.29) is 55.0 Å². The van der Waals surface area contributed by atoms with E-state index >= 15 is 9.59 Å². The zero-order valence-electron chi connectivity index (χ0n) is 44.2. The van der Waals surface area contributed by atoms with Gasteiger partial charge >= 0.3 is 0 Å². The normalized spacial score (nSPS) is 16.2. The van der Waals surface area contributed by atoms with Crippen LogP contribution in [0.25, 0.3) is 67.1 Å². The summed E-state index contributed by atoms with van der Waals surface area (Å²) < 4.78 is 0. The van der Waals surface area contributed by atoms with Crippen LogP contribution in [0.3, 0.4) is 0 Å². The molecular weight excluding hydrogens is 1150 g/mol. The van der Waals surface area contributed by atoms with Gasteiger partial charge in [0.25, 0.3) is 0 Å². The van der Waals surface area contributed by atoms with Crippen molar-refractivity contribution < 1.29 is 51.1 Å². The van der Waals surface area contributed by atoms with Crippen LogP contribution in [-0.4, -0.2) is 33.9 Å². The number of phenolic OH excluding ortho intramolecular Hbond substituents is 2. The third kappa shape index (κ3) is 12.2. The summed E-state index contributed by atoms with van der Waals surface area (Å²) in [5.74, 6) is 0.634. The van der Waals surface area contributed by atoms with E-state index in [4.69, 9.17) is 10.2 Å². The predicted molar refractivity (Wildman–Crippen MR) is 324 cm³/mol. The number of Topliss-reactive ketones (excluding diaryl/α,β-unsaturated/α-hetero) is 2. The fourth-order valence-corrected chi connectivity index (χ4v) is 11.0. The minimum Gasteiger partial charge on any atom is -0.508 e. The fraction of sp³-hybridized carbons (Fsp3) is 0.0833. The van der Waals surface area contributed by atoms with Crippen LogP contribution in [0, 0.1) is 0 Å². The molecule has 0 saturated heterocycles. The molecule has 80 heavy (non-hydrogen) atoms. The van der Waals surface area contributed by atoms with Gasteiger partial charge in [0.15, 0.2) is 11.6 Å². The minimum absolute atomic E-state index is 0. The quantitative estimate of drug-likeness (QED) is 0.0681. The third-order valence-electron chi connectivity index (χ3n) is 14.8. The van der Waals surface area contributed by atoms with E-state index in [0.29, 0.717) is 33.8 Å². The Morgan fingerprint density at radius 1 is 0.388 bits per heavy atom. The van der Waals surface area contributed by atoms with Crippen LogP contribution in [0.5, 0.6) is 11.5 Å². The monoisotopic (exact) mass is 1210 g/mol. The van der Waals surface area contributed by atoms with Gasteiger partial charge in [-0.2, -0.15) is 0 Å². The Labute approximate surface area is 484 Å². The number of carbonyl (C=O) groups is 2.